The Labute approximate surface area is 116 Å². The lowest BCUT2D eigenvalue weighted by Gasteiger charge is -2.15. The molecule has 1 unspecified atom stereocenters. The number of anilines is 1. The molecule has 2 rings (SSSR count). The number of aliphatic hydroxyl groups excluding tert-OH is 1. The summed E-state index contributed by atoms with van der Waals surface area (Å²) < 4.78 is 0. The third kappa shape index (κ3) is 2.78. The lowest BCUT2D eigenvalue weighted by molar-refractivity contribution is 0.179. The van der Waals surface area contributed by atoms with E-state index >= 15 is 0 Å². The van der Waals surface area contributed by atoms with Crippen LogP contribution >= 0.6 is 23.2 Å². The highest BCUT2D eigenvalue weighted by Gasteiger charge is 2.15. The molecule has 1 atom stereocenters. The second-order valence-electron chi connectivity index (χ2n) is 4.05. The molecule has 0 aliphatic rings. The maximum atomic E-state index is 10.2. The van der Waals surface area contributed by atoms with E-state index in [2.05, 4.69) is 0 Å². The van der Waals surface area contributed by atoms with Gasteiger partial charge in [-0.15, -0.1) is 0 Å². The zero-order chi connectivity index (χ0) is 13.1. The van der Waals surface area contributed by atoms with Crippen LogP contribution in [0.2, 0.25) is 10.0 Å². The van der Waals surface area contributed by atoms with Gasteiger partial charge in [0.25, 0.3) is 0 Å². The van der Waals surface area contributed by atoms with Crippen molar-refractivity contribution in [3.8, 4) is 0 Å². The van der Waals surface area contributed by atoms with Crippen molar-refractivity contribution in [3.05, 3.63) is 63.6 Å². The maximum absolute atomic E-state index is 10.2. The first kappa shape index (κ1) is 13.2. The number of nitrogen functional groups attached to an aromatic ring is 1. The SMILES string of the molecule is Nc1ccccc1C(O)Cc1c(Cl)cccc1Cl. The van der Waals surface area contributed by atoms with E-state index in [-0.39, 0.29) is 0 Å². The molecule has 0 amide bonds. The largest absolute Gasteiger partial charge is 0.398 e. The molecule has 2 nitrogen and oxygen atoms in total. The first-order chi connectivity index (χ1) is 8.59. The quantitative estimate of drug-likeness (QED) is 0.840. The third-order valence-corrected chi connectivity index (χ3v) is 3.52. The molecule has 94 valence electrons. The minimum absolute atomic E-state index is 0.340. The fourth-order valence-corrected chi connectivity index (χ4v) is 2.40. The number of hydrogen-bond donors (Lipinski definition) is 2. The molecule has 3 N–H and O–H groups in total. The van der Waals surface area contributed by atoms with Crippen LogP contribution in [-0.4, -0.2) is 5.11 Å². The summed E-state index contributed by atoms with van der Waals surface area (Å²) in [6, 6.07) is 12.5. The second kappa shape index (κ2) is 5.61. The number of nitrogens with two attached hydrogens (primary N) is 1. The normalized spacial score (nSPS) is 12.4. The minimum atomic E-state index is -0.719. The molecule has 0 saturated heterocycles. The van der Waals surface area contributed by atoms with Gasteiger partial charge in [0.15, 0.2) is 0 Å². The van der Waals surface area contributed by atoms with Crippen LogP contribution in [0.1, 0.15) is 17.2 Å². The summed E-state index contributed by atoms with van der Waals surface area (Å²) in [5.74, 6) is 0. The van der Waals surface area contributed by atoms with E-state index in [1.165, 1.54) is 0 Å². The molecule has 18 heavy (non-hydrogen) atoms. The molecule has 0 aliphatic heterocycles. The number of rotatable bonds is 3. The molecule has 0 aromatic heterocycles. The number of halogens is 2. The van der Waals surface area contributed by atoms with E-state index in [9.17, 15) is 5.11 Å². The number of hydrogen-bond acceptors (Lipinski definition) is 2. The van der Waals surface area contributed by atoms with Gasteiger partial charge < -0.3 is 10.8 Å². The molecule has 0 heterocycles. The first-order valence-electron chi connectivity index (χ1n) is 5.55. The van der Waals surface area contributed by atoms with Crippen LogP contribution in [-0.2, 0) is 6.42 Å². The van der Waals surface area contributed by atoms with E-state index in [1.54, 1.807) is 30.3 Å². The fraction of sp³-hybridized carbons (Fsp3) is 0.143. The maximum Gasteiger partial charge on any atom is 0.0851 e. The summed E-state index contributed by atoms with van der Waals surface area (Å²) in [4.78, 5) is 0. The zero-order valence-electron chi connectivity index (χ0n) is 9.61. The van der Waals surface area contributed by atoms with Gasteiger partial charge in [0.2, 0.25) is 0 Å². The monoisotopic (exact) mass is 281 g/mol. The molecule has 0 bridgehead atoms. The van der Waals surface area contributed by atoms with Crippen molar-refractivity contribution in [1.82, 2.24) is 0 Å². The van der Waals surface area contributed by atoms with E-state index in [4.69, 9.17) is 28.9 Å². The Hall–Kier alpha value is -1.22. The summed E-state index contributed by atoms with van der Waals surface area (Å²) in [5.41, 5.74) is 7.81. The Balaban J connectivity index is 2.27. The van der Waals surface area contributed by atoms with Gasteiger partial charge in [0.1, 0.15) is 0 Å². The van der Waals surface area contributed by atoms with Gasteiger partial charge in [0.05, 0.1) is 6.10 Å². The van der Waals surface area contributed by atoms with Crippen molar-refractivity contribution >= 4 is 28.9 Å². The number of aliphatic hydroxyl groups is 1. The Morgan fingerprint density at radius 2 is 1.61 bits per heavy atom. The highest BCUT2D eigenvalue weighted by atomic mass is 35.5. The van der Waals surface area contributed by atoms with Crippen molar-refractivity contribution in [1.29, 1.82) is 0 Å². The van der Waals surface area contributed by atoms with Crippen molar-refractivity contribution < 1.29 is 5.11 Å². The molecule has 0 saturated carbocycles. The van der Waals surface area contributed by atoms with Gasteiger partial charge >= 0.3 is 0 Å². The molecule has 0 aliphatic carbocycles. The van der Waals surface area contributed by atoms with Crippen molar-refractivity contribution in [3.63, 3.8) is 0 Å². The van der Waals surface area contributed by atoms with E-state index in [1.807, 2.05) is 12.1 Å². The van der Waals surface area contributed by atoms with Gasteiger partial charge in [-0.2, -0.15) is 0 Å². The van der Waals surface area contributed by atoms with Crippen LogP contribution < -0.4 is 5.73 Å². The van der Waals surface area contributed by atoms with E-state index < -0.39 is 6.10 Å². The summed E-state index contributed by atoms with van der Waals surface area (Å²) in [6.45, 7) is 0. The molecule has 4 heteroatoms. The molecule has 0 radical (unpaired) electrons. The van der Waals surface area contributed by atoms with Gasteiger partial charge in [-0.1, -0.05) is 47.5 Å². The van der Waals surface area contributed by atoms with Gasteiger partial charge in [-0.25, -0.2) is 0 Å². The van der Waals surface area contributed by atoms with Gasteiger partial charge in [0, 0.05) is 27.7 Å². The van der Waals surface area contributed by atoms with Crippen molar-refractivity contribution in [2.75, 3.05) is 5.73 Å². The molecule has 2 aromatic rings. The van der Waals surface area contributed by atoms with Crippen LogP contribution in [0.4, 0.5) is 5.69 Å². The molecular weight excluding hydrogens is 269 g/mol. The molecule has 0 fully saturated rings. The Morgan fingerprint density at radius 3 is 2.22 bits per heavy atom. The van der Waals surface area contributed by atoms with Gasteiger partial charge in [-0.05, 0) is 23.8 Å². The predicted molar refractivity (Wildman–Crippen MR) is 76.0 cm³/mol. The Morgan fingerprint density at radius 1 is 1.00 bits per heavy atom. The molecule has 2 aromatic carbocycles. The van der Waals surface area contributed by atoms with Gasteiger partial charge in [-0.3, -0.25) is 0 Å². The summed E-state index contributed by atoms with van der Waals surface area (Å²) in [7, 11) is 0. The lowest BCUT2D eigenvalue weighted by atomic mass is 10.00. The highest BCUT2D eigenvalue weighted by Crippen LogP contribution is 2.30. The van der Waals surface area contributed by atoms with E-state index in [0.717, 1.165) is 5.56 Å². The Bertz CT molecular complexity index is 537. The minimum Gasteiger partial charge on any atom is -0.398 e. The van der Waals surface area contributed by atoms with Crippen LogP contribution in [0.3, 0.4) is 0 Å². The van der Waals surface area contributed by atoms with E-state index in [0.29, 0.717) is 27.7 Å². The topological polar surface area (TPSA) is 46.2 Å². The molecule has 0 spiro atoms. The smallest absolute Gasteiger partial charge is 0.0851 e. The van der Waals surface area contributed by atoms with Crippen LogP contribution in [0.15, 0.2) is 42.5 Å². The predicted octanol–water partition coefficient (Wildman–Crippen LogP) is 3.85. The zero-order valence-corrected chi connectivity index (χ0v) is 11.1. The molecular formula is C14H13Cl2NO. The second-order valence-corrected chi connectivity index (χ2v) is 4.86. The number of para-hydroxylation sites is 1. The average Bonchev–Trinajstić information content (AvgIpc) is 2.34. The average molecular weight is 282 g/mol. The first-order valence-corrected chi connectivity index (χ1v) is 6.30. The van der Waals surface area contributed by atoms with Crippen LogP contribution in [0, 0.1) is 0 Å². The standard InChI is InChI=1S/C14H13Cl2NO/c15-11-5-3-6-12(16)10(11)8-14(18)9-4-1-2-7-13(9)17/h1-7,14,18H,8,17H2. The summed E-state index contributed by atoms with van der Waals surface area (Å²) in [6.07, 6.45) is -0.379. The van der Waals surface area contributed by atoms with Crippen LogP contribution in [0.25, 0.3) is 0 Å². The lowest BCUT2D eigenvalue weighted by Crippen LogP contribution is -2.06. The number of benzene rings is 2. The third-order valence-electron chi connectivity index (χ3n) is 2.81. The van der Waals surface area contributed by atoms with Crippen LogP contribution in [0.5, 0.6) is 0 Å². The van der Waals surface area contributed by atoms with Crippen molar-refractivity contribution in [2.24, 2.45) is 0 Å². The fourth-order valence-electron chi connectivity index (χ4n) is 1.85. The highest BCUT2D eigenvalue weighted by molar-refractivity contribution is 6.36. The Kier molecular flexibility index (Phi) is 4.12. The summed E-state index contributed by atoms with van der Waals surface area (Å²) >= 11 is 12.1. The summed E-state index contributed by atoms with van der Waals surface area (Å²) in [5, 5.41) is 11.3. The van der Waals surface area contributed by atoms with Crippen molar-refractivity contribution in [2.45, 2.75) is 12.5 Å².